The van der Waals surface area contributed by atoms with Crippen molar-refractivity contribution in [3.8, 4) is 5.75 Å². The van der Waals surface area contributed by atoms with E-state index in [0.29, 0.717) is 24.5 Å². The molecule has 0 saturated carbocycles. The van der Waals surface area contributed by atoms with Gasteiger partial charge >= 0.3 is 0 Å². The summed E-state index contributed by atoms with van der Waals surface area (Å²) in [6.07, 6.45) is 3.03. The maximum absolute atomic E-state index is 14.2. The summed E-state index contributed by atoms with van der Waals surface area (Å²) in [6.45, 7) is 9.73. The molecule has 2 atom stereocenters. The van der Waals surface area contributed by atoms with Gasteiger partial charge in [-0.2, -0.15) is 0 Å². The number of ether oxygens (including phenoxy) is 1. The Morgan fingerprint density at radius 1 is 0.907 bits per heavy atom. The summed E-state index contributed by atoms with van der Waals surface area (Å²) in [5.41, 5.74) is 2.23. The van der Waals surface area contributed by atoms with Gasteiger partial charge in [-0.05, 0) is 94.0 Å². The van der Waals surface area contributed by atoms with Gasteiger partial charge in [0.05, 0.1) is 17.2 Å². The maximum Gasteiger partial charge on any atom is 0.264 e. The third kappa shape index (κ3) is 9.00. The van der Waals surface area contributed by atoms with E-state index in [2.05, 4.69) is 5.32 Å². The second kappa shape index (κ2) is 15.8. The zero-order chi connectivity index (χ0) is 31.6. The number of hydrogen-bond acceptors (Lipinski definition) is 6. The fourth-order valence-corrected chi connectivity index (χ4v) is 6.35. The number of nitrogens with zero attached hydrogens (tertiary/aromatic N) is 2. The molecule has 0 saturated heterocycles. The van der Waals surface area contributed by atoms with Crippen LogP contribution in [0.2, 0.25) is 0 Å². The van der Waals surface area contributed by atoms with E-state index in [1.54, 1.807) is 48.5 Å². The van der Waals surface area contributed by atoms with Crippen LogP contribution in [0.1, 0.15) is 51.7 Å². The van der Waals surface area contributed by atoms with Crippen molar-refractivity contribution in [1.82, 2.24) is 10.2 Å². The average molecular weight is 626 g/mol. The minimum absolute atomic E-state index is 0.0668. The normalized spacial score (nSPS) is 12.7. The second-order valence-corrected chi connectivity index (χ2v) is 13.1. The molecule has 10 heteroatoms. The summed E-state index contributed by atoms with van der Waals surface area (Å²) >= 11 is 1.51. The van der Waals surface area contributed by atoms with Crippen LogP contribution in [-0.4, -0.2) is 56.6 Å². The minimum Gasteiger partial charge on any atom is -0.494 e. The van der Waals surface area contributed by atoms with E-state index < -0.39 is 28.5 Å². The first kappa shape index (κ1) is 34.0. The first-order valence-electron chi connectivity index (χ1n) is 14.6. The fourth-order valence-electron chi connectivity index (χ4n) is 4.53. The van der Waals surface area contributed by atoms with Crippen molar-refractivity contribution in [2.24, 2.45) is 0 Å². The number of aryl methyl sites for hydroxylation is 1. The molecule has 0 bridgehead atoms. The lowest BCUT2D eigenvalue weighted by Gasteiger charge is -2.33. The van der Waals surface area contributed by atoms with Gasteiger partial charge in [-0.25, -0.2) is 8.42 Å². The molecule has 0 aliphatic rings. The SMILES string of the molecule is CCOc1ccc(N(CC(=O)N(Cc2ccc(C)cc2)[C@@H](CC)C(=O)N[C@H](C)CC)S(=O)(=O)c2ccc(SC)cc2)cc1. The molecule has 0 aliphatic heterocycles. The Kier molecular flexibility index (Phi) is 12.5. The summed E-state index contributed by atoms with van der Waals surface area (Å²) in [4.78, 5) is 30.1. The predicted octanol–water partition coefficient (Wildman–Crippen LogP) is 6.03. The van der Waals surface area contributed by atoms with Crippen LogP contribution in [0.15, 0.2) is 82.6 Å². The molecule has 3 rings (SSSR count). The van der Waals surface area contributed by atoms with Gasteiger partial charge in [-0.15, -0.1) is 11.8 Å². The van der Waals surface area contributed by atoms with Crippen LogP contribution in [0.25, 0.3) is 0 Å². The van der Waals surface area contributed by atoms with Gasteiger partial charge in [0.1, 0.15) is 18.3 Å². The molecular weight excluding hydrogens is 583 g/mol. The Labute approximate surface area is 260 Å². The number of carbonyl (C=O) groups excluding carboxylic acids is 2. The number of carbonyl (C=O) groups is 2. The van der Waals surface area contributed by atoms with Gasteiger partial charge in [0, 0.05) is 17.5 Å². The van der Waals surface area contributed by atoms with E-state index in [9.17, 15) is 18.0 Å². The molecule has 0 unspecified atom stereocenters. The summed E-state index contributed by atoms with van der Waals surface area (Å²) in [6, 6.07) is 20.1. The molecule has 0 aromatic heterocycles. The summed E-state index contributed by atoms with van der Waals surface area (Å²) in [7, 11) is -4.15. The minimum atomic E-state index is -4.15. The van der Waals surface area contributed by atoms with Crippen molar-refractivity contribution in [3.05, 3.63) is 83.9 Å². The Hall–Kier alpha value is -3.50. The number of rotatable bonds is 15. The lowest BCUT2D eigenvalue weighted by atomic mass is 10.1. The third-order valence-electron chi connectivity index (χ3n) is 7.22. The van der Waals surface area contributed by atoms with Crippen molar-refractivity contribution in [1.29, 1.82) is 0 Å². The zero-order valence-electron chi connectivity index (χ0n) is 25.9. The van der Waals surface area contributed by atoms with Crippen molar-refractivity contribution < 1.29 is 22.7 Å². The number of hydrogen-bond donors (Lipinski definition) is 1. The largest absolute Gasteiger partial charge is 0.494 e. The number of benzene rings is 3. The lowest BCUT2D eigenvalue weighted by Crippen LogP contribution is -2.53. The van der Waals surface area contributed by atoms with Crippen LogP contribution in [0.4, 0.5) is 5.69 Å². The maximum atomic E-state index is 14.2. The molecule has 1 N–H and O–H groups in total. The molecule has 0 aliphatic carbocycles. The van der Waals surface area contributed by atoms with E-state index in [0.717, 1.165) is 26.7 Å². The van der Waals surface area contributed by atoms with E-state index in [1.165, 1.54) is 16.7 Å². The molecule has 43 heavy (non-hydrogen) atoms. The number of thioether (sulfide) groups is 1. The molecule has 232 valence electrons. The van der Waals surface area contributed by atoms with Crippen LogP contribution in [-0.2, 0) is 26.2 Å². The molecular formula is C33H43N3O5S2. The molecule has 0 radical (unpaired) electrons. The van der Waals surface area contributed by atoms with E-state index >= 15 is 0 Å². The fraction of sp³-hybridized carbons (Fsp3) is 0.394. The quantitative estimate of drug-likeness (QED) is 0.207. The Morgan fingerprint density at radius 2 is 1.53 bits per heavy atom. The topological polar surface area (TPSA) is 96.0 Å². The molecule has 3 aromatic carbocycles. The Bertz CT molecular complexity index is 1440. The van der Waals surface area contributed by atoms with Gasteiger partial charge in [0.2, 0.25) is 11.8 Å². The van der Waals surface area contributed by atoms with Crippen LogP contribution >= 0.6 is 11.8 Å². The van der Waals surface area contributed by atoms with Crippen molar-refractivity contribution in [3.63, 3.8) is 0 Å². The lowest BCUT2D eigenvalue weighted by molar-refractivity contribution is -0.140. The van der Waals surface area contributed by atoms with E-state index in [1.807, 2.05) is 65.1 Å². The number of sulfonamides is 1. The average Bonchev–Trinajstić information content (AvgIpc) is 3.01. The van der Waals surface area contributed by atoms with Gasteiger partial charge in [-0.3, -0.25) is 13.9 Å². The summed E-state index contributed by atoms with van der Waals surface area (Å²) in [5, 5.41) is 3.00. The monoisotopic (exact) mass is 625 g/mol. The van der Waals surface area contributed by atoms with Crippen LogP contribution in [0, 0.1) is 6.92 Å². The third-order valence-corrected chi connectivity index (χ3v) is 9.75. The molecule has 8 nitrogen and oxygen atoms in total. The summed E-state index contributed by atoms with van der Waals surface area (Å²) < 4.78 is 34.9. The van der Waals surface area contributed by atoms with E-state index in [-0.39, 0.29) is 23.4 Å². The second-order valence-electron chi connectivity index (χ2n) is 10.4. The highest BCUT2D eigenvalue weighted by atomic mass is 32.2. The van der Waals surface area contributed by atoms with Crippen molar-refractivity contribution in [2.45, 2.75) is 75.9 Å². The smallest absolute Gasteiger partial charge is 0.264 e. The van der Waals surface area contributed by atoms with Crippen molar-refractivity contribution in [2.75, 3.05) is 23.7 Å². The number of amides is 2. The highest BCUT2D eigenvalue weighted by molar-refractivity contribution is 7.98. The van der Waals surface area contributed by atoms with Gasteiger partial charge in [0.25, 0.3) is 10.0 Å². The van der Waals surface area contributed by atoms with Crippen LogP contribution < -0.4 is 14.4 Å². The standard InChI is InChI=1S/C33H43N3O5S2/c1-7-25(5)34-33(38)31(8-2)35(22-26-12-10-24(4)11-13-26)32(37)23-36(27-14-16-28(17-15-27)41-9-3)43(39,40)30-20-18-29(42-6)19-21-30/h10-21,25,31H,7-9,22-23H2,1-6H3,(H,34,38)/t25-,31+/m1/s1. The zero-order valence-corrected chi connectivity index (χ0v) is 27.5. The highest BCUT2D eigenvalue weighted by Gasteiger charge is 2.34. The molecule has 2 amide bonds. The highest BCUT2D eigenvalue weighted by Crippen LogP contribution is 2.28. The van der Waals surface area contributed by atoms with Crippen molar-refractivity contribution >= 4 is 39.3 Å². The van der Waals surface area contributed by atoms with Crippen LogP contribution in [0.5, 0.6) is 5.75 Å². The Morgan fingerprint density at radius 3 is 2.07 bits per heavy atom. The molecule has 0 spiro atoms. The van der Waals surface area contributed by atoms with E-state index in [4.69, 9.17) is 4.74 Å². The summed E-state index contributed by atoms with van der Waals surface area (Å²) in [5.74, 6) is -0.154. The Balaban J connectivity index is 2.06. The first-order valence-corrected chi connectivity index (χ1v) is 17.2. The molecule has 0 heterocycles. The number of nitrogens with one attached hydrogen (secondary N) is 1. The first-order chi connectivity index (χ1) is 20.5. The van der Waals surface area contributed by atoms with Gasteiger partial charge in [0.15, 0.2) is 0 Å². The van der Waals surface area contributed by atoms with Crippen LogP contribution in [0.3, 0.4) is 0 Å². The van der Waals surface area contributed by atoms with Gasteiger partial charge in [-0.1, -0.05) is 43.7 Å². The van der Waals surface area contributed by atoms with Gasteiger partial charge < -0.3 is 15.0 Å². The molecule has 3 aromatic rings. The number of anilines is 1. The predicted molar refractivity (Wildman–Crippen MR) is 174 cm³/mol. The molecule has 0 fully saturated rings.